The molecule has 2 aliphatic heterocycles. The zero-order valence-electron chi connectivity index (χ0n) is 28.5. The monoisotopic (exact) mass is 619 g/mol. The average molecular weight is 620 g/mol. The summed E-state index contributed by atoms with van der Waals surface area (Å²) in [6.45, 7) is 16.1. The maximum atomic E-state index is 12.1. The third-order valence-corrected chi connectivity index (χ3v) is 10.0. The number of nitrogens with two attached hydrogens (primary N) is 1. The van der Waals surface area contributed by atoms with E-state index in [0.29, 0.717) is 45.3 Å². The Hall–Kier alpha value is -0.440. The van der Waals surface area contributed by atoms with Crippen LogP contribution in [0.2, 0.25) is 0 Å². The minimum Gasteiger partial charge on any atom is -0.392 e. The highest BCUT2D eigenvalue weighted by atomic mass is 16.7. The maximum Gasteiger partial charge on any atom is 0.160 e. The molecule has 8 unspecified atom stereocenters. The minimum absolute atomic E-state index is 0.0329. The van der Waals surface area contributed by atoms with Gasteiger partial charge in [-0.3, -0.25) is 4.90 Å². The number of aliphatic hydroxyl groups is 5. The van der Waals surface area contributed by atoms with E-state index in [-0.39, 0.29) is 18.1 Å². The molecule has 2 heterocycles. The molecule has 2 saturated heterocycles. The lowest BCUT2D eigenvalue weighted by Crippen LogP contribution is -2.60. The zero-order chi connectivity index (χ0) is 32.9. The third-order valence-electron chi connectivity index (χ3n) is 10.0. The van der Waals surface area contributed by atoms with Gasteiger partial charge < -0.3 is 50.4 Å². The molecule has 0 aromatic rings. The van der Waals surface area contributed by atoms with Gasteiger partial charge in [0.25, 0.3) is 0 Å². The first kappa shape index (κ1) is 38.7. The molecule has 0 aliphatic carbocycles. The van der Waals surface area contributed by atoms with Crippen LogP contribution in [0, 0.1) is 17.8 Å². The van der Waals surface area contributed by atoms with Gasteiger partial charge >= 0.3 is 0 Å². The lowest BCUT2D eigenvalue weighted by atomic mass is 9.78. The predicted octanol–water partition coefficient (Wildman–Crippen LogP) is 1.52. The fourth-order valence-electron chi connectivity index (χ4n) is 7.27. The van der Waals surface area contributed by atoms with Gasteiger partial charge in [-0.1, -0.05) is 27.7 Å². The Morgan fingerprint density at radius 1 is 0.977 bits per heavy atom. The lowest BCUT2D eigenvalue weighted by molar-refractivity contribution is -0.274. The molecule has 0 aromatic carbocycles. The van der Waals surface area contributed by atoms with Gasteiger partial charge in [-0.15, -0.1) is 0 Å². The van der Waals surface area contributed by atoms with Crippen LogP contribution >= 0.6 is 0 Å². The molecule has 11 heteroatoms. The molecule has 2 aliphatic rings. The highest BCUT2D eigenvalue weighted by Crippen LogP contribution is 2.37. The topological polar surface area (TPSA) is 161 Å². The first-order chi connectivity index (χ1) is 19.9. The van der Waals surface area contributed by atoms with Gasteiger partial charge in [0, 0.05) is 36.9 Å². The highest BCUT2D eigenvalue weighted by Gasteiger charge is 2.48. The fourth-order valence-corrected chi connectivity index (χ4v) is 7.27. The summed E-state index contributed by atoms with van der Waals surface area (Å²) < 4.78 is 18.8. The van der Waals surface area contributed by atoms with Crippen molar-refractivity contribution in [3.05, 3.63) is 0 Å². The number of rotatable bonds is 7. The van der Waals surface area contributed by atoms with Crippen LogP contribution in [-0.4, -0.2) is 135 Å². The molecular weight excluding hydrogens is 554 g/mol. The van der Waals surface area contributed by atoms with Gasteiger partial charge in [0.15, 0.2) is 12.6 Å². The summed E-state index contributed by atoms with van der Waals surface area (Å²) in [5, 5.41) is 57.9. The maximum absolute atomic E-state index is 12.1. The van der Waals surface area contributed by atoms with Crippen molar-refractivity contribution >= 4 is 0 Å². The standard InChI is InChI=1S/C32H65N3O8/c1-11-25-32(8,40)28(37)23(6)35(14-12-13-33)18-19(2)17-31(7,39)29(21(4)27(36)22(5)30(38)42-25)43-26-16-24(34(9)10)15-20(3)41-26/h19-30,36-40H,11-18,33H2,1-10H3/t19-,20?,21?,22?,23+,24-,25-,26-,27?,28?,29?,30?,31?,32-/m0/s1. The Labute approximate surface area is 260 Å². The number of hydrogen-bond donors (Lipinski definition) is 6. The Morgan fingerprint density at radius 2 is 1.60 bits per heavy atom. The molecule has 0 amide bonds. The summed E-state index contributed by atoms with van der Waals surface area (Å²) in [6, 6.07) is -0.222. The number of nitrogens with zero attached hydrogens (tertiary/aromatic N) is 2. The van der Waals surface area contributed by atoms with Gasteiger partial charge in [-0.05, 0) is 86.5 Å². The second-order valence-corrected chi connectivity index (χ2v) is 14.4. The quantitative estimate of drug-likeness (QED) is 0.245. The van der Waals surface area contributed by atoms with Crippen LogP contribution in [0.3, 0.4) is 0 Å². The van der Waals surface area contributed by atoms with Crippen LogP contribution in [0.1, 0.15) is 87.5 Å². The molecule has 0 radical (unpaired) electrons. The van der Waals surface area contributed by atoms with E-state index in [4.69, 9.17) is 19.9 Å². The third kappa shape index (κ3) is 10.0. The summed E-state index contributed by atoms with van der Waals surface area (Å²) in [7, 11) is 4.07. The van der Waals surface area contributed by atoms with Crippen LogP contribution in [0.15, 0.2) is 0 Å². The Kier molecular flexibility index (Phi) is 14.8. The van der Waals surface area contributed by atoms with E-state index in [0.717, 1.165) is 6.42 Å². The molecule has 14 atom stereocenters. The van der Waals surface area contributed by atoms with E-state index in [1.807, 2.05) is 48.7 Å². The van der Waals surface area contributed by atoms with E-state index in [1.165, 1.54) is 6.92 Å². The summed E-state index contributed by atoms with van der Waals surface area (Å²) in [5.74, 6) is -1.45. The van der Waals surface area contributed by atoms with E-state index < -0.39 is 66.1 Å². The molecule has 43 heavy (non-hydrogen) atoms. The van der Waals surface area contributed by atoms with Crippen LogP contribution in [-0.2, 0) is 14.2 Å². The van der Waals surface area contributed by atoms with Crippen molar-refractivity contribution in [3.63, 3.8) is 0 Å². The molecule has 0 bridgehead atoms. The minimum atomic E-state index is -1.69. The molecule has 256 valence electrons. The SMILES string of the molecule is CC[C@@H]1OC(O)C(C)C(O)C(C)C(O[C@H]2C[C@@H](N(C)C)CC(C)O2)C(C)(O)C[C@H](C)CN(CCCN)[C@H](C)C(O)[C@@]1(C)O. The van der Waals surface area contributed by atoms with Crippen LogP contribution in [0.5, 0.6) is 0 Å². The molecule has 0 aromatic heterocycles. The Balaban J connectivity index is 2.53. The second-order valence-electron chi connectivity index (χ2n) is 14.4. The van der Waals surface area contributed by atoms with Crippen molar-refractivity contribution < 1.29 is 39.7 Å². The second kappa shape index (κ2) is 16.4. The van der Waals surface area contributed by atoms with Crippen LogP contribution < -0.4 is 5.73 Å². The summed E-state index contributed by atoms with van der Waals surface area (Å²) in [4.78, 5) is 4.25. The van der Waals surface area contributed by atoms with Crippen molar-refractivity contribution in [3.8, 4) is 0 Å². The Bertz CT molecular complexity index is 817. The number of ether oxygens (including phenoxy) is 3. The predicted molar refractivity (Wildman–Crippen MR) is 167 cm³/mol. The van der Waals surface area contributed by atoms with Crippen molar-refractivity contribution in [1.82, 2.24) is 9.80 Å². The van der Waals surface area contributed by atoms with E-state index in [2.05, 4.69) is 9.80 Å². The van der Waals surface area contributed by atoms with E-state index in [1.54, 1.807) is 13.8 Å². The first-order valence-corrected chi connectivity index (χ1v) is 16.4. The van der Waals surface area contributed by atoms with Crippen molar-refractivity contribution in [1.29, 1.82) is 0 Å². The number of aliphatic hydroxyl groups excluding tert-OH is 3. The van der Waals surface area contributed by atoms with Gasteiger partial charge in [-0.2, -0.15) is 0 Å². The highest BCUT2D eigenvalue weighted by molar-refractivity contribution is 4.98. The molecule has 7 N–H and O–H groups in total. The van der Waals surface area contributed by atoms with E-state index in [9.17, 15) is 25.5 Å². The van der Waals surface area contributed by atoms with Crippen molar-refractivity contribution in [2.24, 2.45) is 23.5 Å². The van der Waals surface area contributed by atoms with Crippen LogP contribution in [0.25, 0.3) is 0 Å². The molecule has 2 rings (SSSR count). The van der Waals surface area contributed by atoms with Gasteiger partial charge in [0.2, 0.25) is 0 Å². The van der Waals surface area contributed by atoms with E-state index >= 15 is 0 Å². The average Bonchev–Trinajstić information content (AvgIpc) is 2.93. The summed E-state index contributed by atoms with van der Waals surface area (Å²) in [5.41, 5.74) is 2.79. The zero-order valence-corrected chi connectivity index (χ0v) is 28.5. The smallest absolute Gasteiger partial charge is 0.160 e. The largest absolute Gasteiger partial charge is 0.392 e. The molecular formula is C32H65N3O8. The lowest BCUT2D eigenvalue weighted by Gasteiger charge is -2.45. The summed E-state index contributed by atoms with van der Waals surface area (Å²) >= 11 is 0. The normalized spacial score (nSPS) is 46.8. The molecule has 0 spiro atoms. The van der Waals surface area contributed by atoms with Gasteiger partial charge in [0.1, 0.15) is 11.7 Å². The van der Waals surface area contributed by atoms with Crippen LogP contribution in [0.4, 0.5) is 0 Å². The van der Waals surface area contributed by atoms with Crippen molar-refractivity contribution in [2.75, 3.05) is 33.7 Å². The first-order valence-electron chi connectivity index (χ1n) is 16.4. The summed E-state index contributed by atoms with van der Waals surface area (Å²) in [6.07, 6.45) is -3.24. The molecule has 11 nitrogen and oxygen atoms in total. The fraction of sp³-hybridized carbons (Fsp3) is 1.00. The molecule has 0 saturated carbocycles. The molecule has 2 fully saturated rings. The number of hydrogen-bond acceptors (Lipinski definition) is 11. The van der Waals surface area contributed by atoms with Gasteiger partial charge in [-0.25, -0.2) is 0 Å². The van der Waals surface area contributed by atoms with Gasteiger partial charge in [0.05, 0.1) is 30.0 Å². The Morgan fingerprint density at radius 3 is 2.16 bits per heavy atom. The van der Waals surface area contributed by atoms with Crippen molar-refractivity contribution in [2.45, 2.75) is 154 Å².